The summed E-state index contributed by atoms with van der Waals surface area (Å²) in [6.07, 6.45) is 2.89. The van der Waals surface area contributed by atoms with E-state index in [0.717, 1.165) is 30.2 Å². The van der Waals surface area contributed by atoms with Gasteiger partial charge in [0.25, 0.3) is 5.91 Å². The number of carbonyl (C=O) groups excluding carboxylic acids is 2. The van der Waals surface area contributed by atoms with Gasteiger partial charge in [0.05, 0.1) is 6.10 Å². The summed E-state index contributed by atoms with van der Waals surface area (Å²) in [4.78, 5) is 40.9. The van der Waals surface area contributed by atoms with Crippen LogP contribution < -0.4 is 10.9 Å². The lowest BCUT2D eigenvalue weighted by Gasteiger charge is -2.24. The number of aromatic amines is 1. The van der Waals surface area contributed by atoms with Crippen LogP contribution in [0.1, 0.15) is 40.7 Å². The van der Waals surface area contributed by atoms with Gasteiger partial charge in [0.2, 0.25) is 5.56 Å². The molecular weight excluding hydrogens is 420 g/mol. The number of H-pyrrole nitrogens is 1. The van der Waals surface area contributed by atoms with Crippen LogP contribution in [0.5, 0.6) is 0 Å². The van der Waals surface area contributed by atoms with Crippen LogP contribution in [0.3, 0.4) is 0 Å². The first-order valence-corrected chi connectivity index (χ1v) is 11.3. The number of amides is 1. The highest BCUT2D eigenvalue weighted by Crippen LogP contribution is 2.18. The zero-order valence-electron chi connectivity index (χ0n) is 18.6. The molecule has 0 spiro atoms. The van der Waals surface area contributed by atoms with Crippen molar-refractivity contribution in [1.82, 2.24) is 10.3 Å². The molecule has 2 unspecified atom stereocenters. The third-order valence-electron chi connectivity index (χ3n) is 5.85. The van der Waals surface area contributed by atoms with Crippen LogP contribution in [-0.2, 0) is 20.7 Å². The molecule has 2 aromatic carbocycles. The highest BCUT2D eigenvalue weighted by molar-refractivity contribution is 5.97. The molecule has 1 aliphatic rings. The molecule has 0 saturated carbocycles. The Morgan fingerprint density at radius 3 is 2.70 bits per heavy atom. The molecule has 0 aliphatic carbocycles. The summed E-state index contributed by atoms with van der Waals surface area (Å²) in [6.45, 7) is 2.74. The first kappa shape index (κ1) is 22.7. The number of carbonyl (C=O) groups is 2. The number of esters is 1. The first-order valence-electron chi connectivity index (χ1n) is 11.3. The second-order valence-electron chi connectivity index (χ2n) is 8.42. The number of benzene rings is 2. The quantitative estimate of drug-likeness (QED) is 0.541. The number of nitrogens with one attached hydrogen (secondary N) is 2. The number of aromatic nitrogens is 1. The maximum absolute atomic E-state index is 13.1. The summed E-state index contributed by atoms with van der Waals surface area (Å²) in [7, 11) is 0. The minimum atomic E-state index is -0.951. The Morgan fingerprint density at radius 2 is 1.94 bits per heavy atom. The van der Waals surface area contributed by atoms with E-state index in [1.165, 1.54) is 6.07 Å². The molecule has 1 saturated heterocycles. The summed E-state index contributed by atoms with van der Waals surface area (Å²) in [5, 5.41) is 3.62. The molecule has 3 aromatic rings. The van der Waals surface area contributed by atoms with Gasteiger partial charge in [-0.05, 0) is 49.9 Å². The van der Waals surface area contributed by atoms with Crippen molar-refractivity contribution in [2.45, 2.75) is 44.8 Å². The average molecular weight is 449 g/mol. The Labute approximate surface area is 192 Å². The molecule has 2 atom stereocenters. The van der Waals surface area contributed by atoms with E-state index in [2.05, 4.69) is 10.3 Å². The number of aryl methyl sites for hydroxylation is 1. The molecule has 7 nitrogen and oxygen atoms in total. The lowest BCUT2D eigenvalue weighted by atomic mass is 10.0. The van der Waals surface area contributed by atoms with E-state index in [0.29, 0.717) is 23.3 Å². The molecule has 1 aliphatic heterocycles. The summed E-state index contributed by atoms with van der Waals surface area (Å²) in [5.41, 5.74) is 2.55. The molecular formula is C26H28N2O5. The van der Waals surface area contributed by atoms with Crippen molar-refractivity contribution in [2.24, 2.45) is 0 Å². The molecule has 1 fully saturated rings. The normalized spacial score (nSPS) is 16.8. The first-order chi connectivity index (χ1) is 16.0. The van der Waals surface area contributed by atoms with Gasteiger partial charge >= 0.3 is 5.97 Å². The van der Waals surface area contributed by atoms with Crippen molar-refractivity contribution in [2.75, 3.05) is 13.2 Å². The van der Waals surface area contributed by atoms with Crippen LogP contribution in [-0.4, -0.2) is 42.2 Å². The number of hydrogen-bond acceptors (Lipinski definition) is 5. The van der Waals surface area contributed by atoms with Gasteiger partial charge in [0.1, 0.15) is 12.6 Å². The Kier molecular flexibility index (Phi) is 7.19. The van der Waals surface area contributed by atoms with Gasteiger partial charge in [-0.15, -0.1) is 0 Å². The van der Waals surface area contributed by atoms with Crippen molar-refractivity contribution in [3.8, 4) is 0 Å². The molecule has 4 rings (SSSR count). The topological polar surface area (TPSA) is 97.5 Å². The summed E-state index contributed by atoms with van der Waals surface area (Å²) in [5.74, 6) is -0.922. The number of para-hydroxylation sites is 1. The lowest BCUT2D eigenvalue weighted by Crippen LogP contribution is -2.44. The minimum Gasteiger partial charge on any atom is -0.461 e. The van der Waals surface area contributed by atoms with E-state index in [-0.39, 0.29) is 30.6 Å². The van der Waals surface area contributed by atoms with Gasteiger partial charge in [-0.2, -0.15) is 0 Å². The van der Waals surface area contributed by atoms with Crippen LogP contribution in [0.25, 0.3) is 10.9 Å². The maximum Gasteiger partial charge on any atom is 0.329 e. The predicted molar refractivity (Wildman–Crippen MR) is 125 cm³/mol. The van der Waals surface area contributed by atoms with Gasteiger partial charge in [0, 0.05) is 35.6 Å². The molecule has 0 radical (unpaired) electrons. The van der Waals surface area contributed by atoms with Crippen molar-refractivity contribution in [3.05, 3.63) is 81.6 Å². The van der Waals surface area contributed by atoms with Crippen molar-refractivity contribution < 1.29 is 19.1 Å². The third-order valence-corrected chi connectivity index (χ3v) is 5.85. The average Bonchev–Trinajstić information content (AvgIpc) is 2.83. The van der Waals surface area contributed by atoms with E-state index >= 15 is 0 Å². The highest BCUT2D eigenvalue weighted by Gasteiger charge is 2.26. The molecule has 33 heavy (non-hydrogen) atoms. The van der Waals surface area contributed by atoms with Gasteiger partial charge in [-0.25, -0.2) is 4.79 Å². The van der Waals surface area contributed by atoms with Crippen LogP contribution in [0.2, 0.25) is 0 Å². The van der Waals surface area contributed by atoms with Gasteiger partial charge in [-0.1, -0.05) is 35.9 Å². The van der Waals surface area contributed by atoms with E-state index in [9.17, 15) is 14.4 Å². The zero-order chi connectivity index (χ0) is 23.2. The van der Waals surface area contributed by atoms with E-state index in [4.69, 9.17) is 9.47 Å². The standard InChI is InChI=1S/C26H28N2O5/c1-17-9-11-18(12-10-17)25(30)28-23(26(31)33-16-20-6-4-5-13-32-20)14-19-15-24(29)27-22-8-3-2-7-21(19)22/h2-3,7-12,15,20,23H,4-6,13-14,16H2,1H3,(H,27,29)(H,28,30). The fraction of sp³-hybridized carbons (Fsp3) is 0.346. The second-order valence-corrected chi connectivity index (χ2v) is 8.42. The molecule has 0 bridgehead atoms. The minimum absolute atomic E-state index is 0.128. The Balaban J connectivity index is 1.56. The number of ether oxygens (including phenoxy) is 2. The molecule has 2 N–H and O–H groups in total. The number of pyridine rings is 1. The molecule has 1 amide bonds. The Bertz CT molecular complexity index is 1180. The molecule has 1 aromatic heterocycles. The third kappa shape index (κ3) is 5.87. The zero-order valence-corrected chi connectivity index (χ0v) is 18.6. The van der Waals surface area contributed by atoms with Gasteiger partial charge in [-0.3, -0.25) is 9.59 Å². The smallest absolute Gasteiger partial charge is 0.329 e. The molecule has 172 valence electrons. The predicted octanol–water partition coefficient (Wildman–Crippen LogP) is 3.29. The summed E-state index contributed by atoms with van der Waals surface area (Å²) >= 11 is 0. The molecule has 2 heterocycles. The largest absolute Gasteiger partial charge is 0.461 e. The van der Waals surface area contributed by atoms with Crippen LogP contribution in [0.4, 0.5) is 0 Å². The van der Waals surface area contributed by atoms with E-state index < -0.39 is 12.0 Å². The van der Waals surface area contributed by atoms with Gasteiger partial charge in [0.15, 0.2) is 0 Å². The monoisotopic (exact) mass is 448 g/mol. The van der Waals surface area contributed by atoms with Crippen molar-refractivity contribution in [3.63, 3.8) is 0 Å². The Morgan fingerprint density at radius 1 is 1.15 bits per heavy atom. The van der Waals surface area contributed by atoms with E-state index in [1.54, 1.807) is 18.2 Å². The van der Waals surface area contributed by atoms with Crippen LogP contribution in [0.15, 0.2) is 59.4 Å². The van der Waals surface area contributed by atoms with Crippen molar-refractivity contribution >= 4 is 22.8 Å². The van der Waals surface area contributed by atoms with Gasteiger partial charge < -0.3 is 19.8 Å². The summed E-state index contributed by atoms with van der Waals surface area (Å²) < 4.78 is 11.2. The number of hydrogen-bond donors (Lipinski definition) is 2. The highest BCUT2D eigenvalue weighted by atomic mass is 16.6. The number of rotatable bonds is 7. The number of fused-ring (bicyclic) bond motifs is 1. The van der Waals surface area contributed by atoms with Crippen LogP contribution >= 0.6 is 0 Å². The maximum atomic E-state index is 13.1. The second kappa shape index (κ2) is 10.4. The van der Waals surface area contributed by atoms with E-state index in [1.807, 2.05) is 37.3 Å². The SMILES string of the molecule is Cc1ccc(C(=O)NC(Cc2cc(=O)[nH]c3ccccc23)C(=O)OCC2CCCCO2)cc1. The fourth-order valence-electron chi connectivity index (χ4n) is 4.02. The fourth-order valence-corrected chi connectivity index (χ4v) is 4.02. The molecule has 7 heteroatoms. The lowest BCUT2D eigenvalue weighted by molar-refractivity contribution is -0.151. The Hall–Kier alpha value is -3.45. The van der Waals surface area contributed by atoms with Crippen LogP contribution in [0, 0.1) is 6.92 Å². The van der Waals surface area contributed by atoms with Crippen molar-refractivity contribution in [1.29, 1.82) is 0 Å². The summed E-state index contributed by atoms with van der Waals surface area (Å²) in [6, 6.07) is 15.0.